The van der Waals surface area contributed by atoms with Gasteiger partial charge in [0, 0.05) is 11.1 Å². The predicted molar refractivity (Wildman–Crippen MR) is 136 cm³/mol. The highest BCUT2D eigenvalue weighted by Crippen LogP contribution is 2.57. The Kier molecular flexibility index (Phi) is 4.93. The molecule has 1 fully saturated rings. The van der Waals surface area contributed by atoms with Gasteiger partial charge in [0.15, 0.2) is 0 Å². The van der Waals surface area contributed by atoms with Crippen LogP contribution in [-0.2, 0) is 10.8 Å². The average molecular weight is 429 g/mol. The van der Waals surface area contributed by atoms with E-state index in [1.54, 1.807) is 22.3 Å². The molecule has 170 valence electrons. The molecule has 1 heteroatoms. The van der Waals surface area contributed by atoms with Gasteiger partial charge in [0.1, 0.15) is 5.75 Å². The van der Waals surface area contributed by atoms with Crippen molar-refractivity contribution in [3.8, 4) is 5.75 Å². The van der Waals surface area contributed by atoms with Crippen LogP contribution in [0.1, 0.15) is 97.3 Å². The van der Waals surface area contributed by atoms with Crippen LogP contribution in [-0.4, -0.2) is 7.11 Å². The smallest absolute Gasteiger partial charge is 0.126 e. The van der Waals surface area contributed by atoms with Crippen LogP contribution in [0.5, 0.6) is 5.75 Å². The number of benzene rings is 1. The summed E-state index contributed by atoms with van der Waals surface area (Å²) in [6, 6.07) is 4.93. The van der Waals surface area contributed by atoms with Crippen LogP contribution in [0.25, 0.3) is 5.57 Å². The van der Waals surface area contributed by atoms with Crippen molar-refractivity contribution in [2.45, 2.75) is 91.4 Å². The predicted octanol–water partition coefficient (Wildman–Crippen LogP) is 8.45. The topological polar surface area (TPSA) is 9.23 Å². The molecule has 1 nitrogen and oxygen atoms in total. The molecular weight excluding hydrogens is 388 g/mol. The molecule has 1 aromatic carbocycles. The van der Waals surface area contributed by atoms with Gasteiger partial charge in [0.2, 0.25) is 0 Å². The van der Waals surface area contributed by atoms with E-state index >= 15 is 0 Å². The van der Waals surface area contributed by atoms with Gasteiger partial charge in [0.25, 0.3) is 0 Å². The number of methoxy groups -OCH3 is 1. The fraction of sp³-hybridized carbons (Fsp3) is 0.548. The molecule has 0 heterocycles. The monoisotopic (exact) mass is 428 g/mol. The lowest BCUT2D eigenvalue weighted by molar-refractivity contribution is 0.296. The van der Waals surface area contributed by atoms with Crippen LogP contribution in [0.4, 0.5) is 0 Å². The molecule has 0 N–H and O–H groups in total. The zero-order valence-corrected chi connectivity index (χ0v) is 21.4. The maximum Gasteiger partial charge on any atom is 0.126 e. The second-order valence-corrected chi connectivity index (χ2v) is 12.6. The van der Waals surface area contributed by atoms with E-state index in [1.807, 2.05) is 7.11 Å². The molecule has 1 saturated carbocycles. The molecule has 6 rings (SSSR count). The van der Waals surface area contributed by atoms with Crippen molar-refractivity contribution >= 4 is 5.57 Å². The van der Waals surface area contributed by atoms with E-state index < -0.39 is 0 Å². The van der Waals surface area contributed by atoms with Gasteiger partial charge in [-0.05, 0) is 102 Å². The summed E-state index contributed by atoms with van der Waals surface area (Å²) >= 11 is 0. The second-order valence-electron chi connectivity index (χ2n) is 12.6. The fourth-order valence-corrected chi connectivity index (χ4v) is 6.68. The van der Waals surface area contributed by atoms with Crippen LogP contribution in [0.15, 0.2) is 52.2 Å². The van der Waals surface area contributed by atoms with Gasteiger partial charge in [-0.1, -0.05) is 64.8 Å². The first-order chi connectivity index (χ1) is 15.0. The first-order valence-corrected chi connectivity index (χ1v) is 12.6. The molecule has 0 radical (unpaired) electrons. The number of allylic oxidation sites excluding steroid dienone is 8. The van der Waals surface area contributed by atoms with Crippen molar-refractivity contribution < 1.29 is 4.74 Å². The van der Waals surface area contributed by atoms with Crippen LogP contribution in [0.3, 0.4) is 0 Å². The lowest BCUT2D eigenvalue weighted by Crippen LogP contribution is -2.30. The quantitative estimate of drug-likeness (QED) is 0.459. The van der Waals surface area contributed by atoms with Crippen molar-refractivity contribution in [2.24, 2.45) is 11.8 Å². The zero-order valence-electron chi connectivity index (χ0n) is 21.4. The normalized spacial score (nSPS) is 25.0. The number of hydrogen-bond donors (Lipinski definition) is 0. The van der Waals surface area contributed by atoms with Gasteiger partial charge in [-0.2, -0.15) is 0 Å². The van der Waals surface area contributed by atoms with Crippen LogP contribution in [0, 0.1) is 11.8 Å². The number of hydrogen-bond acceptors (Lipinski definition) is 1. The Morgan fingerprint density at radius 1 is 0.812 bits per heavy atom. The van der Waals surface area contributed by atoms with Gasteiger partial charge in [-0.25, -0.2) is 0 Å². The minimum Gasteiger partial charge on any atom is -0.496 e. The lowest BCUT2D eigenvalue weighted by atomic mass is 9.60. The summed E-state index contributed by atoms with van der Waals surface area (Å²) in [7, 11) is 1.84. The zero-order chi connectivity index (χ0) is 23.0. The minimum absolute atomic E-state index is 0.0180. The van der Waals surface area contributed by atoms with Gasteiger partial charge in [-0.15, -0.1) is 0 Å². The van der Waals surface area contributed by atoms with Crippen LogP contribution in [0.2, 0.25) is 0 Å². The van der Waals surface area contributed by atoms with Crippen molar-refractivity contribution in [3.05, 3.63) is 68.8 Å². The van der Waals surface area contributed by atoms with Gasteiger partial charge >= 0.3 is 0 Å². The summed E-state index contributed by atoms with van der Waals surface area (Å²) < 4.78 is 6.08. The third-order valence-corrected chi connectivity index (χ3v) is 8.21. The summed E-state index contributed by atoms with van der Waals surface area (Å²) in [5.74, 6) is 2.62. The van der Waals surface area contributed by atoms with Gasteiger partial charge in [-0.3, -0.25) is 0 Å². The van der Waals surface area contributed by atoms with Crippen molar-refractivity contribution in [1.82, 2.24) is 0 Å². The number of rotatable bonds is 2. The third-order valence-electron chi connectivity index (χ3n) is 8.21. The SMILES string of the molecule is COc1c(C(C)(C)C)cc(C2=C3C=C(C)C=C3CC3=C2C2CCC3CC2)cc1C(C)(C)C. The molecule has 0 spiro atoms. The Labute approximate surface area is 195 Å². The molecule has 0 unspecified atom stereocenters. The molecule has 1 aromatic rings. The Morgan fingerprint density at radius 2 is 1.38 bits per heavy atom. The molecule has 32 heavy (non-hydrogen) atoms. The van der Waals surface area contributed by atoms with E-state index in [4.69, 9.17) is 4.74 Å². The van der Waals surface area contributed by atoms with Crippen molar-refractivity contribution in [3.63, 3.8) is 0 Å². The average Bonchev–Trinajstić information content (AvgIpc) is 3.10. The summed E-state index contributed by atoms with van der Waals surface area (Å²) in [4.78, 5) is 0. The van der Waals surface area contributed by atoms with Gasteiger partial charge < -0.3 is 4.74 Å². The Balaban J connectivity index is 1.83. The molecule has 0 aliphatic heterocycles. The van der Waals surface area contributed by atoms with Crippen LogP contribution >= 0.6 is 0 Å². The van der Waals surface area contributed by atoms with E-state index in [0.29, 0.717) is 0 Å². The van der Waals surface area contributed by atoms with E-state index in [1.165, 1.54) is 59.9 Å². The molecule has 0 saturated heterocycles. The molecule has 0 amide bonds. The number of fused-ring (bicyclic) bond motifs is 3. The molecule has 0 aromatic heterocycles. The maximum atomic E-state index is 6.08. The number of ether oxygens (including phenoxy) is 1. The summed E-state index contributed by atoms with van der Waals surface area (Å²) in [6.07, 6.45) is 11.6. The Bertz CT molecular complexity index is 1060. The highest BCUT2D eigenvalue weighted by Gasteiger charge is 2.41. The van der Waals surface area contributed by atoms with Crippen molar-refractivity contribution in [2.75, 3.05) is 7.11 Å². The van der Waals surface area contributed by atoms with Crippen molar-refractivity contribution in [1.29, 1.82) is 0 Å². The molecule has 5 aliphatic rings. The lowest BCUT2D eigenvalue weighted by Gasteiger charge is -2.44. The molecule has 5 aliphatic carbocycles. The van der Waals surface area contributed by atoms with E-state index in [-0.39, 0.29) is 10.8 Å². The molecule has 0 atom stereocenters. The summed E-state index contributed by atoms with van der Waals surface area (Å²) in [5, 5.41) is 0. The Morgan fingerprint density at radius 3 is 1.91 bits per heavy atom. The fourth-order valence-electron chi connectivity index (χ4n) is 6.68. The molecular formula is C31H40O. The first kappa shape index (κ1) is 21.8. The highest BCUT2D eigenvalue weighted by molar-refractivity contribution is 5.91. The third kappa shape index (κ3) is 3.35. The largest absolute Gasteiger partial charge is 0.496 e. The second kappa shape index (κ2) is 7.24. The summed E-state index contributed by atoms with van der Waals surface area (Å²) in [5.41, 5.74) is 13.6. The summed E-state index contributed by atoms with van der Waals surface area (Å²) in [6.45, 7) is 16.2. The molecule has 2 bridgehead atoms. The minimum atomic E-state index is 0.0180. The van der Waals surface area contributed by atoms with E-state index in [9.17, 15) is 0 Å². The van der Waals surface area contributed by atoms with E-state index in [0.717, 1.165) is 17.6 Å². The maximum absolute atomic E-state index is 6.08. The Hall–Kier alpha value is -2.02. The van der Waals surface area contributed by atoms with Crippen LogP contribution < -0.4 is 4.74 Å². The first-order valence-electron chi connectivity index (χ1n) is 12.6. The standard InChI is InChI=1S/C31H40O/c1-18-13-21-15-24-19-9-11-20(12-10-19)27(24)28(23(21)14-18)22-16-25(30(2,3)4)29(32-8)26(17-22)31(5,6)7/h13-14,16-17,19-20H,9-12,15H2,1-8H3. The highest BCUT2D eigenvalue weighted by atomic mass is 16.5. The van der Waals surface area contributed by atoms with Gasteiger partial charge in [0.05, 0.1) is 7.11 Å². The van der Waals surface area contributed by atoms with E-state index in [2.05, 4.69) is 72.8 Å².